The Balaban J connectivity index is 1.50. The number of hydrogen-bond donors (Lipinski definition) is 1. The SMILES string of the molecule is C[C@@]12CC[C@@H](C[C@@H](n3c(=O)c(=O)[nH]c4ccccc43)C1)N2C1CCCCCCC1. The second-order valence-corrected chi connectivity index (χ2v) is 9.84. The van der Waals surface area contributed by atoms with E-state index in [4.69, 9.17) is 0 Å². The molecule has 1 saturated carbocycles. The monoisotopic (exact) mass is 395 g/mol. The number of benzene rings is 1. The summed E-state index contributed by atoms with van der Waals surface area (Å²) >= 11 is 0. The Morgan fingerprint density at radius 2 is 1.66 bits per heavy atom. The summed E-state index contributed by atoms with van der Waals surface area (Å²) in [5.74, 6) is 0. The van der Waals surface area contributed by atoms with Crippen molar-refractivity contribution in [1.29, 1.82) is 0 Å². The Morgan fingerprint density at radius 3 is 2.41 bits per heavy atom. The molecule has 29 heavy (non-hydrogen) atoms. The summed E-state index contributed by atoms with van der Waals surface area (Å²) in [4.78, 5) is 30.8. The number of piperidine rings is 1. The van der Waals surface area contributed by atoms with E-state index in [-0.39, 0.29) is 11.6 Å². The van der Waals surface area contributed by atoms with E-state index in [0.29, 0.717) is 12.1 Å². The molecular formula is C24H33N3O2. The van der Waals surface area contributed by atoms with Gasteiger partial charge in [-0.25, -0.2) is 0 Å². The van der Waals surface area contributed by atoms with Crippen LogP contribution in [0.1, 0.15) is 83.6 Å². The van der Waals surface area contributed by atoms with Crippen molar-refractivity contribution in [2.24, 2.45) is 0 Å². The third-order valence-corrected chi connectivity index (χ3v) is 7.91. The van der Waals surface area contributed by atoms with Gasteiger partial charge in [0.2, 0.25) is 0 Å². The van der Waals surface area contributed by atoms with Gasteiger partial charge in [-0.1, -0.05) is 44.2 Å². The summed E-state index contributed by atoms with van der Waals surface area (Å²) in [5.41, 5.74) is 0.877. The number of H-pyrrole nitrogens is 1. The number of nitrogens with zero attached hydrogens (tertiary/aromatic N) is 2. The molecular weight excluding hydrogens is 362 g/mol. The lowest BCUT2D eigenvalue weighted by molar-refractivity contribution is -0.00655. The fraction of sp³-hybridized carbons (Fsp3) is 0.667. The van der Waals surface area contributed by atoms with Crippen LogP contribution in [0.4, 0.5) is 0 Å². The van der Waals surface area contributed by atoms with E-state index in [1.807, 2.05) is 28.8 Å². The molecule has 5 nitrogen and oxygen atoms in total. The van der Waals surface area contributed by atoms with Gasteiger partial charge in [-0.15, -0.1) is 0 Å². The first-order valence-corrected chi connectivity index (χ1v) is 11.6. The van der Waals surface area contributed by atoms with Crippen molar-refractivity contribution in [3.8, 4) is 0 Å². The van der Waals surface area contributed by atoms with E-state index in [1.165, 1.54) is 57.8 Å². The van der Waals surface area contributed by atoms with Gasteiger partial charge in [-0.05, 0) is 57.6 Å². The molecule has 0 unspecified atom stereocenters. The van der Waals surface area contributed by atoms with Gasteiger partial charge in [0, 0.05) is 23.7 Å². The number of aromatic nitrogens is 2. The molecule has 3 atom stereocenters. The Hall–Kier alpha value is -1.88. The maximum absolute atomic E-state index is 12.9. The lowest BCUT2D eigenvalue weighted by Crippen LogP contribution is -2.56. The molecule has 0 radical (unpaired) electrons. The van der Waals surface area contributed by atoms with Crippen molar-refractivity contribution in [1.82, 2.24) is 14.5 Å². The van der Waals surface area contributed by atoms with Crippen LogP contribution in [0.3, 0.4) is 0 Å². The Kier molecular flexibility index (Phi) is 4.89. The van der Waals surface area contributed by atoms with Gasteiger partial charge >= 0.3 is 11.1 Å². The summed E-state index contributed by atoms with van der Waals surface area (Å²) in [7, 11) is 0. The van der Waals surface area contributed by atoms with Gasteiger partial charge in [-0.3, -0.25) is 19.1 Å². The summed E-state index contributed by atoms with van der Waals surface area (Å²) in [6.07, 6.45) is 13.9. The standard InChI is InChI=1S/C24H33N3O2/c1-24-14-13-18(27(24)17-9-5-3-2-4-6-10-17)15-19(16-24)26-21-12-8-7-11-20(21)25-22(28)23(26)29/h7-8,11-12,17-19H,2-6,9-10,13-16H2,1H3,(H,25,28)/t18-,19+,24+/m0/s1. The molecule has 3 fully saturated rings. The minimum Gasteiger partial charge on any atom is -0.316 e. The first kappa shape index (κ1) is 19.1. The second-order valence-electron chi connectivity index (χ2n) is 9.84. The lowest BCUT2D eigenvalue weighted by atomic mass is 9.83. The molecule has 1 aromatic carbocycles. The number of rotatable bonds is 2. The van der Waals surface area contributed by atoms with Crippen LogP contribution in [0.15, 0.2) is 33.9 Å². The molecule has 2 aromatic rings. The molecule has 1 aromatic heterocycles. The van der Waals surface area contributed by atoms with E-state index in [2.05, 4.69) is 16.8 Å². The molecule has 2 saturated heterocycles. The molecule has 5 heteroatoms. The number of aromatic amines is 1. The van der Waals surface area contributed by atoms with E-state index >= 15 is 0 Å². The first-order valence-electron chi connectivity index (χ1n) is 11.6. The van der Waals surface area contributed by atoms with E-state index in [0.717, 1.165) is 23.9 Å². The first-order chi connectivity index (χ1) is 14.1. The third kappa shape index (κ3) is 3.27. The van der Waals surface area contributed by atoms with Gasteiger partial charge in [-0.2, -0.15) is 0 Å². The maximum atomic E-state index is 12.9. The Bertz CT molecular complexity index is 1000. The molecule has 2 bridgehead atoms. The molecule has 156 valence electrons. The predicted molar refractivity (Wildman–Crippen MR) is 116 cm³/mol. The third-order valence-electron chi connectivity index (χ3n) is 7.91. The van der Waals surface area contributed by atoms with Gasteiger partial charge in [0.15, 0.2) is 0 Å². The highest BCUT2D eigenvalue weighted by Crippen LogP contribution is 2.50. The van der Waals surface area contributed by atoms with Crippen LogP contribution < -0.4 is 11.1 Å². The van der Waals surface area contributed by atoms with Crippen molar-refractivity contribution in [2.45, 2.75) is 101 Å². The van der Waals surface area contributed by atoms with E-state index < -0.39 is 11.1 Å². The smallest absolute Gasteiger partial charge is 0.316 e. The fourth-order valence-corrected chi connectivity index (χ4v) is 6.73. The van der Waals surface area contributed by atoms with Crippen molar-refractivity contribution in [3.63, 3.8) is 0 Å². The second kappa shape index (κ2) is 7.42. The van der Waals surface area contributed by atoms with Crippen LogP contribution >= 0.6 is 0 Å². The molecule has 3 aliphatic rings. The fourth-order valence-electron chi connectivity index (χ4n) is 6.73. The highest BCUT2D eigenvalue weighted by atomic mass is 16.2. The largest absolute Gasteiger partial charge is 0.316 e. The molecule has 1 aliphatic carbocycles. The van der Waals surface area contributed by atoms with Gasteiger partial charge in [0.05, 0.1) is 11.0 Å². The minimum absolute atomic E-state index is 0.108. The minimum atomic E-state index is -0.497. The average Bonchev–Trinajstić information content (AvgIpc) is 2.88. The van der Waals surface area contributed by atoms with E-state index in [1.54, 1.807) is 0 Å². The number of nitrogens with one attached hydrogen (secondary N) is 1. The zero-order valence-electron chi connectivity index (χ0n) is 17.5. The summed E-state index contributed by atoms with van der Waals surface area (Å²) in [6.45, 7) is 2.42. The van der Waals surface area contributed by atoms with Gasteiger partial charge in [0.25, 0.3) is 0 Å². The number of fused-ring (bicyclic) bond motifs is 3. The normalized spacial score (nSPS) is 31.6. The van der Waals surface area contributed by atoms with E-state index in [9.17, 15) is 9.59 Å². The summed E-state index contributed by atoms with van der Waals surface area (Å²) < 4.78 is 1.82. The number of para-hydroxylation sites is 2. The van der Waals surface area contributed by atoms with Crippen LogP contribution in [-0.2, 0) is 0 Å². The quantitative estimate of drug-likeness (QED) is 0.769. The molecule has 1 N–H and O–H groups in total. The maximum Gasteiger partial charge on any atom is 0.316 e. The highest BCUT2D eigenvalue weighted by Gasteiger charge is 2.51. The molecule has 3 heterocycles. The lowest BCUT2D eigenvalue weighted by Gasteiger charge is -2.50. The Morgan fingerprint density at radius 1 is 0.931 bits per heavy atom. The molecule has 0 spiro atoms. The van der Waals surface area contributed by atoms with Crippen LogP contribution in [0, 0.1) is 0 Å². The van der Waals surface area contributed by atoms with Crippen LogP contribution in [0.2, 0.25) is 0 Å². The molecule has 5 rings (SSSR count). The zero-order chi connectivity index (χ0) is 20.0. The van der Waals surface area contributed by atoms with Crippen molar-refractivity contribution in [3.05, 3.63) is 45.0 Å². The van der Waals surface area contributed by atoms with Crippen LogP contribution in [0.25, 0.3) is 11.0 Å². The summed E-state index contributed by atoms with van der Waals surface area (Å²) in [6, 6.07) is 9.07. The molecule has 0 amide bonds. The number of hydrogen-bond acceptors (Lipinski definition) is 3. The topological polar surface area (TPSA) is 58.1 Å². The van der Waals surface area contributed by atoms with Crippen molar-refractivity contribution in [2.75, 3.05) is 0 Å². The van der Waals surface area contributed by atoms with Crippen LogP contribution in [-0.4, -0.2) is 32.1 Å². The van der Waals surface area contributed by atoms with Crippen molar-refractivity contribution >= 4 is 11.0 Å². The van der Waals surface area contributed by atoms with Gasteiger partial charge < -0.3 is 4.98 Å². The zero-order valence-corrected chi connectivity index (χ0v) is 17.5. The van der Waals surface area contributed by atoms with Crippen LogP contribution in [0.5, 0.6) is 0 Å². The van der Waals surface area contributed by atoms with Crippen molar-refractivity contribution < 1.29 is 0 Å². The average molecular weight is 396 g/mol. The summed E-state index contributed by atoms with van der Waals surface area (Å²) in [5, 5.41) is 0. The highest BCUT2D eigenvalue weighted by molar-refractivity contribution is 5.74. The Labute approximate surface area is 172 Å². The predicted octanol–water partition coefficient (Wildman–Crippen LogP) is 4.36. The van der Waals surface area contributed by atoms with Gasteiger partial charge in [0.1, 0.15) is 0 Å². The molecule has 2 aliphatic heterocycles.